The van der Waals surface area contributed by atoms with Crippen LogP contribution in [0.4, 0.5) is 0 Å². The van der Waals surface area contributed by atoms with Crippen LogP contribution in [0, 0.1) is 6.92 Å². The van der Waals surface area contributed by atoms with Gasteiger partial charge in [-0.15, -0.1) is 0 Å². The highest BCUT2D eigenvalue weighted by molar-refractivity contribution is 9.28. The lowest BCUT2D eigenvalue weighted by Crippen LogP contribution is -2.05. The van der Waals surface area contributed by atoms with Gasteiger partial charge in [0.2, 0.25) is 0 Å². The maximum absolute atomic E-state index is 5.98. The molecule has 0 aliphatic heterocycles. The Morgan fingerprint density at radius 2 is 1.95 bits per heavy atom. The molecule has 1 aromatic carbocycles. The van der Waals surface area contributed by atoms with E-state index in [1.165, 1.54) is 5.56 Å². The van der Waals surface area contributed by atoms with E-state index in [9.17, 15) is 0 Å². The van der Waals surface area contributed by atoms with Gasteiger partial charge in [0.25, 0.3) is 0 Å². The number of benzene rings is 1. The molecule has 3 nitrogen and oxygen atoms in total. The molecule has 22 heavy (non-hydrogen) atoms. The van der Waals surface area contributed by atoms with Crippen LogP contribution in [0.1, 0.15) is 37.3 Å². The molecule has 2 N–H and O–H groups in total. The predicted molar refractivity (Wildman–Crippen MR) is 100 cm³/mol. The van der Waals surface area contributed by atoms with E-state index in [1.54, 1.807) is 0 Å². The summed E-state index contributed by atoms with van der Waals surface area (Å²) in [6.45, 7) is 6.22. The summed E-state index contributed by atoms with van der Waals surface area (Å²) in [4.78, 5) is 0. The molecule has 0 aromatic heterocycles. The van der Waals surface area contributed by atoms with Gasteiger partial charge < -0.3 is 15.2 Å². The molecule has 0 fully saturated rings. The molecule has 0 heterocycles. The molecule has 1 rings (SSSR count). The molecule has 0 saturated heterocycles. The largest absolute Gasteiger partial charge is 0.493 e. The standard InChI is InChI=1S/C17H25Br2NO2/c1-3-14-12-15(21-10-7-16(18)19)11-13(2)17(14)22-9-6-4-5-8-20/h7,11-12H,3-6,8-10,20H2,1-2H3. The van der Waals surface area contributed by atoms with Crippen LogP contribution in [0.3, 0.4) is 0 Å². The van der Waals surface area contributed by atoms with Crippen molar-refractivity contribution in [1.82, 2.24) is 0 Å². The van der Waals surface area contributed by atoms with E-state index in [2.05, 4.69) is 51.8 Å². The summed E-state index contributed by atoms with van der Waals surface area (Å²) in [6, 6.07) is 4.10. The van der Waals surface area contributed by atoms with Crippen molar-refractivity contribution in [3.8, 4) is 11.5 Å². The molecule has 0 aliphatic rings. The lowest BCUT2D eigenvalue weighted by Gasteiger charge is -2.15. The molecular formula is C17H25Br2NO2. The summed E-state index contributed by atoms with van der Waals surface area (Å²) in [5, 5.41) is 0. The van der Waals surface area contributed by atoms with Crippen molar-refractivity contribution >= 4 is 31.9 Å². The maximum Gasteiger partial charge on any atom is 0.125 e. The highest BCUT2D eigenvalue weighted by Crippen LogP contribution is 2.30. The number of hydrogen-bond donors (Lipinski definition) is 1. The second kappa shape index (κ2) is 11.1. The van der Waals surface area contributed by atoms with Crippen molar-refractivity contribution in [3.05, 3.63) is 32.7 Å². The molecule has 0 saturated carbocycles. The summed E-state index contributed by atoms with van der Waals surface area (Å²) >= 11 is 6.64. The summed E-state index contributed by atoms with van der Waals surface area (Å²) < 4.78 is 12.6. The van der Waals surface area contributed by atoms with Gasteiger partial charge in [0, 0.05) is 0 Å². The fourth-order valence-corrected chi connectivity index (χ4v) is 2.43. The Hall–Kier alpha value is -0.520. The molecule has 0 atom stereocenters. The topological polar surface area (TPSA) is 44.5 Å². The normalized spacial score (nSPS) is 10.4. The van der Waals surface area contributed by atoms with Gasteiger partial charge in [-0.25, -0.2) is 0 Å². The van der Waals surface area contributed by atoms with Gasteiger partial charge in [0.15, 0.2) is 0 Å². The quantitative estimate of drug-likeness (QED) is 0.522. The predicted octanol–water partition coefficient (Wildman–Crippen LogP) is 5.08. The third kappa shape index (κ3) is 7.16. The average molecular weight is 435 g/mol. The zero-order valence-electron chi connectivity index (χ0n) is 13.3. The molecule has 0 bridgehead atoms. The van der Waals surface area contributed by atoms with Crippen molar-refractivity contribution in [2.45, 2.75) is 39.5 Å². The Morgan fingerprint density at radius 3 is 2.59 bits per heavy atom. The second-order valence-corrected chi connectivity index (χ2v) is 7.86. The number of unbranched alkanes of at least 4 members (excludes halogenated alkanes) is 2. The summed E-state index contributed by atoms with van der Waals surface area (Å²) in [6.07, 6.45) is 6.07. The average Bonchev–Trinajstić information content (AvgIpc) is 2.48. The Balaban J connectivity index is 2.67. The minimum atomic E-state index is 0.522. The first-order valence-corrected chi connectivity index (χ1v) is 9.27. The van der Waals surface area contributed by atoms with Gasteiger partial charge in [-0.05, 0) is 100 Å². The van der Waals surface area contributed by atoms with Crippen LogP contribution < -0.4 is 15.2 Å². The van der Waals surface area contributed by atoms with Gasteiger partial charge in [0.1, 0.15) is 18.1 Å². The fourth-order valence-electron chi connectivity index (χ4n) is 2.16. The van der Waals surface area contributed by atoms with Crippen molar-refractivity contribution in [1.29, 1.82) is 0 Å². The molecule has 0 spiro atoms. The number of hydrogen-bond acceptors (Lipinski definition) is 3. The van der Waals surface area contributed by atoms with E-state index in [0.29, 0.717) is 6.61 Å². The Labute approximate surface area is 150 Å². The summed E-state index contributed by atoms with van der Waals surface area (Å²) in [5.41, 5.74) is 7.81. The SMILES string of the molecule is CCc1cc(OCC=C(Br)Br)cc(C)c1OCCCCCN. The van der Waals surface area contributed by atoms with Crippen LogP contribution in [0.15, 0.2) is 21.6 Å². The summed E-state index contributed by atoms with van der Waals surface area (Å²) in [5.74, 6) is 1.88. The molecule has 0 radical (unpaired) electrons. The number of aryl methyl sites for hydroxylation is 2. The van der Waals surface area contributed by atoms with Crippen molar-refractivity contribution in [3.63, 3.8) is 0 Å². The van der Waals surface area contributed by atoms with Crippen LogP contribution in [0.5, 0.6) is 11.5 Å². The first-order valence-electron chi connectivity index (χ1n) is 7.68. The zero-order valence-corrected chi connectivity index (χ0v) is 16.5. The third-order valence-corrected chi connectivity index (χ3v) is 3.94. The monoisotopic (exact) mass is 433 g/mol. The lowest BCUT2D eigenvalue weighted by atomic mass is 10.1. The molecule has 1 aromatic rings. The van der Waals surface area contributed by atoms with Gasteiger partial charge in [-0.3, -0.25) is 0 Å². The van der Waals surface area contributed by atoms with Crippen LogP contribution in [0.25, 0.3) is 0 Å². The van der Waals surface area contributed by atoms with Crippen molar-refractivity contribution in [2.75, 3.05) is 19.8 Å². The number of nitrogens with two attached hydrogens (primary N) is 1. The Kier molecular flexibility index (Phi) is 9.84. The van der Waals surface area contributed by atoms with E-state index < -0.39 is 0 Å². The molecule has 0 unspecified atom stereocenters. The minimum Gasteiger partial charge on any atom is -0.493 e. The molecular weight excluding hydrogens is 410 g/mol. The van der Waals surface area contributed by atoms with Crippen molar-refractivity contribution in [2.24, 2.45) is 5.73 Å². The Bertz CT molecular complexity index is 486. The smallest absolute Gasteiger partial charge is 0.125 e. The highest BCUT2D eigenvalue weighted by atomic mass is 79.9. The third-order valence-electron chi connectivity index (χ3n) is 3.29. The zero-order chi connectivity index (χ0) is 16.4. The van der Waals surface area contributed by atoms with E-state index >= 15 is 0 Å². The van der Waals surface area contributed by atoms with E-state index in [1.807, 2.05) is 12.1 Å². The van der Waals surface area contributed by atoms with Gasteiger partial charge in [0.05, 0.1) is 10.00 Å². The number of halogens is 2. The van der Waals surface area contributed by atoms with Crippen LogP contribution in [-0.2, 0) is 6.42 Å². The van der Waals surface area contributed by atoms with Gasteiger partial charge >= 0.3 is 0 Å². The molecule has 0 aliphatic carbocycles. The van der Waals surface area contributed by atoms with Crippen molar-refractivity contribution < 1.29 is 9.47 Å². The molecule has 124 valence electrons. The van der Waals surface area contributed by atoms with Gasteiger partial charge in [-0.1, -0.05) is 6.92 Å². The highest BCUT2D eigenvalue weighted by Gasteiger charge is 2.09. The van der Waals surface area contributed by atoms with Crippen LogP contribution >= 0.6 is 31.9 Å². The number of ether oxygens (including phenoxy) is 2. The maximum atomic E-state index is 5.98. The first-order chi connectivity index (χ1) is 10.6. The van der Waals surface area contributed by atoms with Crippen LogP contribution in [0.2, 0.25) is 0 Å². The first kappa shape index (κ1) is 19.5. The van der Waals surface area contributed by atoms with Gasteiger partial charge in [-0.2, -0.15) is 0 Å². The number of rotatable bonds is 10. The lowest BCUT2D eigenvalue weighted by molar-refractivity contribution is 0.299. The Morgan fingerprint density at radius 1 is 1.18 bits per heavy atom. The van der Waals surface area contributed by atoms with E-state index in [-0.39, 0.29) is 0 Å². The van der Waals surface area contributed by atoms with E-state index in [4.69, 9.17) is 15.2 Å². The van der Waals surface area contributed by atoms with Crippen LogP contribution in [-0.4, -0.2) is 19.8 Å². The summed E-state index contributed by atoms with van der Waals surface area (Å²) in [7, 11) is 0. The molecule has 5 heteroatoms. The second-order valence-electron chi connectivity index (χ2n) is 5.08. The minimum absolute atomic E-state index is 0.522. The fraction of sp³-hybridized carbons (Fsp3) is 0.529. The molecule has 0 amide bonds. The van der Waals surface area contributed by atoms with E-state index in [0.717, 1.165) is 59.3 Å².